The number of allylic oxidation sites excluding steroid dienone is 3. The molecule has 0 N–H and O–H groups in total. The molecule has 1 radical (unpaired) electrons. The van der Waals surface area contributed by atoms with Crippen molar-refractivity contribution in [3.8, 4) is 0 Å². The van der Waals surface area contributed by atoms with E-state index in [1.165, 1.54) is 30.4 Å². The van der Waals surface area contributed by atoms with E-state index in [0.717, 1.165) is 12.8 Å². The molecule has 0 aromatic rings. The quantitative estimate of drug-likeness (QED) is 0.484. The minimum atomic E-state index is 0. The molecule has 0 aromatic carbocycles. The third-order valence-electron chi connectivity index (χ3n) is 3.91. The summed E-state index contributed by atoms with van der Waals surface area (Å²) in [6, 6.07) is 0. The Morgan fingerprint density at radius 2 is 1.95 bits per heavy atom. The summed E-state index contributed by atoms with van der Waals surface area (Å²) in [5.41, 5.74) is 2.92. The van der Waals surface area contributed by atoms with Crippen molar-refractivity contribution in [2.75, 3.05) is 0 Å². The summed E-state index contributed by atoms with van der Waals surface area (Å²) in [5, 5.41) is 0. The Morgan fingerprint density at radius 1 is 1.26 bits per heavy atom. The van der Waals surface area contributed by atoms with E-state index in [1.54, 1.807) is 0 Å². The molecule has 1 nitrogen and oxygen atoms in total. The molecule has 1 heterocycles. The summed E-state index contributed by atoms with van der Waals surface area (Å²) < 4.78 is 6.04. The Kier molecular flexibility index (Phi) is 10.6. The Hall–Kier alpha value is 0.544. The summed E-state index contributed by atoms with van der Waals surface area (Å²) in [6.07, 6.45) is 11.0. The Morgan fingerprint density at radius 3 is 2.53 bits per heavy atom. The average Bonchev–Trinajstić information content (AvgIpc) is 2.66. The summed E-state index contributed by atoms with van der Waals surface area (Å²) in [5.74, 6) is 0.690. The maximum atomic E-state index is 6.04. The van der Waals surface area contributed by atoms with Crippen LogP contribution in [0, 0.1) is 12.8 Å². The van der Waals surface area contributed by atoms with Gasteiger partial charge in [-0.2, -0.15) is 6.42 Å². The Labute approximate surface area is 145 Å². The number of rotatable bonds is 6. The summed E-state index contributed by atoms with van der Waals surface area (Å²) in [6.45, 7) is 12.7. The second-order valence-electron chi connectivity index (χ2n) is 5.70. The van der Waals surface area contributed by atoms with Crippen molar-refractivity contribution in [2.24, 2.45) is 5.92 Å². The van der Waals surface area contributed by atoms with Gasteiger partial charge < -0.3 is 11.7 Å². The van der Waals surface area contributed by atoms with Crippen LogP contribution < -0.4 is 0 Å². The van der Waals surface area contributed by atoms with E-state index in [4.69, 9.17) is 4.74 Å². The standard InChI is InChI=1S/C17H29O.Y/c1-6-8-14(4)11-17-16(12-15(5)18-17)10-9-13(3)7-2;/h7,11,15-17H,1,6,8-10,12H2,2-5H3;/q-1;/b13-7+,14-11+;. The van der Waals surface area contributed by atoms with Gasteiger partial charge in [0.25, 0.3) is 0 Å². The van der Waals surface area contributed by atoms with Crippen molar-refractivity contribution in [1.82, 2.24) is 0 Å². The molecule has 1 aliphatic heterocycles. The van der Waals surface area contributed by atoms with E-state index in [-0.39, 0.29) is 32.7 Å². The first-order chi connectivity index (χ1) is 8.56. The van der Waals surface area contributed by atoms with Gasteiger partial charge in [0.2, 0.25) is 0 Å². The molecule has 1 fully saturated rings. The third kappa shape index (κ3) is 7.20. The van der Waals surface area contributed by atoms with Gasteiger partial charge in [-0.1, -0.05) is 29.7 Å². The van der Waals surface area contributed by atoms with Crippen molar-refractivity contribution in [3.63, 3.8) is 0 Å². The molecule has 2 heteroatoms. The van der Waals surface area contributed by atoms with Gasteiger partial charge in [-0.15, -0.1) is 0 Å². The molecule has 19 heavy (non-hydrogen) atoms. The zero-order valence-corrected chi connectivity index (χ0v) is 16.0. The second kappa shape index (κ2) is 10.3. The normalized spacial score (nSPS) is 28.4. The molecule has 0 amide bonds. The van der Waals surface area contributed by atoms with Crippen LogP contribution in [0.3, 0.4) is 0 Å². The molecule has 0 aliphatic carbocycles. The molecule has 0 spiro atoms. The van der Waals surface area contributed by atoms with Crippen LogP contribution >= 0.6 is 0 Å². The van der Waals surface area contributed by atoms with E-state index >= 15 is 0 Å². The van der Waals surface area contributed by atoms with Gasteiger partial charge in [-0.05, 0) is 52.9 Å². The first-order valence-electron chi connectivity index (χ1n) is 7.30. The van der Waals surface area contributed by atoms with Crippen LogP contribution in [-0.4, -0.2) is 12.2 Å². The number of hydrogen-bond acceptors (Lipinski definition) is 1. The predicted molar refractivity (Wildman–Crippen MR) is 79.5 cm³/mol. The van der Waals surface area contributed by atoms with Crippen molar-refractivity contribution in [1.29, 1.82) is 0 Å². The van der Waals surface area contributed by atoms with Gasteiger partial charge >= 0.3 is 0 Å². The third-order valence-corrected chi connectivity index (χ3v) is 3.91. The fourth-order valence-electron chi connectivity index (χ4n) is 2.65. The second-order valence-corrected chi connectivity index (χ2v) is 5.70. The van der Waals surface area contributed by atoms with Gasteiger partial charge in [0.1, 0.15) is 0 Å². The maximum absolute atomic E-state index is 6.04. The first kappa shape index (κ1) is 19.5. The van der Waals surface area contributed by atoms with Crippen molar-refractivity contribution >= 4 is 0 Å². The van der Waals surface area contributed by atoms with Gasteiger partial charge in [0.05, 0.1) is 12.2 Å². The molecule has 0 saturated carbocycles. The molecule has 1 aliphatic rings. The van der Waals surface area contributed by atoms with E-state index < -0.39 is 0 Å². The van der Waals surface area contributed by atoms with Gasteiger partial charge in [0.15, 0.2) is 0 Å². The summed E-state index contributed by atoms with van der Waals surface area (Å²) in [7, 11) is 0. The summed E-state index contributed by atoms with van der Waals surface area (Å²) >= 11 is 0. The fraction of sp³-hybridized carbons (Fsp3) is 0.706. The summed E-state index contributed by atoms with van der Waals surface area (Å²) in [4.78, 5) is 0. The first-order valence-corrected chi connectivity index (χ1v) is 7.30. The van der Waals surface area contributed by atoms with Crippen molar-refractivity contribution in [3.05, 3.63) is 30.2 Å². The average molecular weight is 338 g/mol. The minimum Gasteiger partial charge on any atom is -0.371 e. The molecule has 0 aromatic heterocycles. The molecule has 1 rings (SSSR count). The molecular weight excluding hydrogens is 309 g/mol. The van der Waals surface area contributed by atoms with Gasteiger partial charge in [0, 0.05) is 32.7 Å². The Bertz CT molecular complexity index is 306. The van der Waals surface area contributed by atoms with E-state index in [0.29, 0.717) is 18.1 Å². The fourth-order valence-corrected chi connectivity index (χ4v) is 2.65. The maximum Gasteiger partial charge on any atom is 0.0791 e. The molecule has 3 unspecified atom stereocenters. The minimum absolute atomic E-state index is 0. The zero-order valence-electron chi connectivity index (χ0n) is 13.1. The van der Waals surface area contributed by atoms with Crippen LogP contribution in [0.1, 0.15) is 59.8 Å². The van der Waals surface area contributed by atoms with Crippen molar-refractivity contribution < 1.29 is 37.4 Å². The van der Waals surface area contributed by atoms with E-state index in [1.807, 2.05) is 0 Å². The SMILES string of the molecule is [CH2-]CC/C(C)=C/C1OC(C)CC1CC/C(C)=C/C.[Y]. The van der Waals surface area contributed by atoms with E-state index in [9.17, 15) is 0 Å². The number of hydrogen-bond donors (Lipinski definition) is 0. The largest absolute Gasteiger partial charge is 0.371 e. The number of ether oxygens (including phenoxy) is 1. The predicted octanol–water partition coefficient (Wildman–Crippen LogP) is 5.08. The van der Waals surface area contributed by atoms with E-state index in [2.05, 4.69) is 46.8 Å². The van der Waals surface area contributed by atoms with Crippen LogP contribution in [0.2, 0.25) is 0 Å². The van der Waals surface area contributed by atoms with Gasteiger partial charge in [-0.25, -0.2) is 0 Å². The van der Waals surface area contributed by atoms with Crippen molar-refractivity contribution in [2.45, 2.75) is 72.0 Å². The van der Waals surface area contributed by atoms with Crippen LogP contribution in [0.4, 0.5) is 0 Å². The molecule has 0 bridgehead atoms. The molecule has 3 atom stereocenters. The van der Waals surface area contributed by atoms with Crippen LogP contribution in [0.15, 0.2) is 23.3 Å². The van der Waals surface area contributed by atoms with Crippen LogP contribution in [-0.2, 0) is 37.4 Å². The molecule has 107 valence electrons. The van der Waals surface area contributed by atoms with Gasteiger partial charge in [-0.3, -0.25) is 0 Å². The monoisotopic (exact) mass is 338 g/mol. The zero-order chi connectivity index (χ0) is 13.5. The topological polar surface area (TPSA) is 9.23 Å². The van der Waals surface area contributed by atoms with Crippen LogP contribution in [0.5, 0.6) is 0 Å². The smallest absolute Gasteiger partial charge is 0.0791 e. The Balaban J connectivity index is 0.00000324. The molecular formula is C17H29OY-. The molecule has 1 saturated heterocycles. The van der Waals surface area contributed by atoms with Crippen LogP contribution in [0.25, 0.3) is 0 Å².